The first-order chi connectivity index (χ1) is 11.1. The minimum absolute atomic E-state index is 0.0668. The van der Waals surface area contributed by atoms with Gasteiger partial charge in [-0.2, -0.15) is 0 Å². The molecule has 6 heteroatoms. The third-order valence-electron chi connectivity index (χ3n) is 4.83. The number of aliphatic hydroxyl groups is 1. The second-order valence-corrected chi connectivity index (χ2v) is 6.70. The molecule has 0 saturated carbocycles. The lowest BCUT2D eigenvalue weighted by atomic mass is 9.96. The molecule has 0 spiro atoms. The van der Waals surface area contributed by atoms with Crippen molar-refractivity contribution in [1.29, 1.82) is 0 Å². The van der Waals surface area contributed by atoms with E-state index in [0.717, 1.165) is 18.5 Å². The number of halogens is 1. The molecular weight excluding hydrogens is 316 g/mol. The molecule has 1 N–H and O–H groups in total. The molecule has 2 aliphatic heterocycles. The fourth-order valence-corrected chi connectivity index (χ4v) is 3.47. The zero-order chi connectivity index (χ0) is 16.4. The Bertz CT molecular complexity index is 582. The van der Waals surface area contributed by atoms with E-state index in [0.29, 0.717) is 31.1 Å². The number of hydrogen-bond acceptors (Lipinski definition) is 3. The van der Waals surface area contributed by atoms with Gasteiger partial charge in [0.25, 0.3) is 0 Å². The summed E-state index contributed by atoms with van der Waals surface area (Å²) in [5.41, 5.74) is 0.786. The van der Waals surface area contributed by atoms with Crippen LogP contribution in [0.5, 0.6) is 0 Å². The number of likely N-dealkylation sites (tertiary alicyclic amines) is 1. The second kappa shape index (κ2) is 6.89. The highest BCUT2D eigenvalue weighted by Crippen LogP contribution is 2.28. The van der Waals surface area contributed by atoms with Crippen LogP contribution in [0.3, 0.4) is 0 Å². The number of carbonyl (C=O) groups excluding carboxylic acids is 2. The van der Waals surface area contributed by atoms with Crippen LogP contribution in [0.25, 0.3) is 0 Å². The van der Waals surface area contributed by atoms with Crippen molar-refractivity contribution in [2.24, 2.45) is 11.8 Å². The fraction of sp³-hybridized carbons (Fsp3) is 0.529. The molecule has 2 fully saturated rings. The average Bonchev–Trinajstić information content (AvgIpc) is 2.96. The van der Waals surface area contributed by atoms with Crippen molar-refractivity contribution in [3.8, 4) is 0 Å². The summed E-state index contributed by atoms with van der Waals surface area (Å²) in [6, 6.07) is 7.11. The predicted molar refractivity (Wildman–Crippen MR) is 88.3 cm³/mol. The summed E-state index contributed by atoms with van der Waals surface area (Å²) in [7, 11) is 0. The second-order valence-electron chi connectivity index (χ2n) is 6.26. The van der Waals surface area contributed by atoms with Crippen LogP contribution in [0.1, 0.15) is 19.3 Å². The lowest BCUT2D eigenvalue weighted by Crippen LogP contribution is -2.44. The van der Waals surface area contributed by atoms with Crippen LogP contribution >= 0.6 is 11.6 Å². The summed E-state index contributed by atoms with van der Waals surface area (Å²) in [5.74, 6) is -0.482. The Morgan fingerprint density at radius 3 is 2.39 bits per heavy atom. The van der Waals surface area contributed by atoms with Crippen molar-refractivity contribution in [3.63, 3.8) is 0 Å². The normalized spacial score (nSPS) is 22.7. The zero-order valence-electron chi connectivity index (χ0n) is 12.9. The maximum atomic E-state index is 12.6. The monoisotopic (exact) mass is 336 g/mol. The summed E-state index contributed by atoms with van der Waals surface area (Å²) in [6.45, 7) is 2.00. The van der Waals surface area contributed by atoms with Gasteiger partial charge >= 0.3 is 0 Å². The molecule has 1 unspecified atom stereocenters. The standard InChI is InChI=1S/C17H21ClN2O3/c18-13-1-3-14(4-2-13)20-10-7-15(17(20)23)16(22)19-8-5-12(11-21)6-9-19/h1-4,12,15,21H,5-11H2. The average molecular weight is 337 g/mol. The van der Waals surface area contributed by atoms with Crippen molar-refractivity contribution in [1.82, 2.24) is 4.90 Å². The van der Waals surface area contributed by atoms with Gasteiger partial charge in [-0.3, -0.25) is 9.59 Å². The Labute approximate surface area is 140 Å². The van der Waals surface area contributed by atoms with E-state index in [9.17, 15) is 14.7 Å². The molecule has 0 bridgehead atoms. The zero-order valence-corrected chi connectivity index (χ0v) is 13.7. The molecule has 0 aliphatic carbocycles. The molecular formula is C17H21ClN2O3. The molecule has 3 rings (SSSR count). The van der Waals surface area contributed by atoms with Crippen LogP contribution in [0.15, 0.2) is 24.3 Å². The summed E-state index contributed by atoms with van der Waals surface area (Å²) >= 11 is 5.88. The van der Waals surface area contributed by atoms with Crippen molar-refractivity contribution in [3.05, 3.63) is 29.3 Å². The Morgan fingerprint density at radius 1 is 1.13 bits per heavy atom. The number of aliphatic hydroxyl groups excluding tert-OH is 1. The highest BCUT2D eigenvalue weighted by Gasteiger charge is 2.40. The van der Waals surface area contributed by atoms with Crippen molar-refractivity contribution in [2.75, 3.05) is 31.1 Å². The van der Waals surface area contributed by atoms with E-state index in [1.165, 1.54) is 0 Å². The van der Waals surface area contributed by atoms with Crippen LogP contribution < -0.4 is 4.90 Å². The molecule has 1 atom stereocenters. The highest BCUT2D eigenvalue weighted by atomic mass is 35.5. The minimum atomic E-state index is -0.573. The maximum Gasteiger partial charge on any atom is 0.239 e. The van der Waals surface area contributed by atoms with Gasteiger partial charge in [0.1, 0.15) is 5.92 Å². The number of rotatable bonds is 3. The Kier molecular flexibility index (Phi) is 4.87. The molecule has 0 aromatic heterocycles. The van der Waals surface area contributed by atoms with Crippen LogP contribution in [0.2, 0.25) is 5.02 Å². The number of piperidine rings is 1. The lowest BCUT2D eigenvalue weighted by Gasteiger charge is -2.32. The minimum Gasteiger partial charge on any atom is -0.396 e. The van der Waals surface area contributed by atoms with Gasteiger partial charge in [0.2, 0.25) is 11.8 Å². The van der Waals surface area contributed by atoms with E-state index in [2.05, 4.69) is 0 Å². The Morgan fingerprint density at radius 2 is 1.78 bits per heavy atom. The van der Waals surface area contributed by atoms with Crippen LogP contribution in [0, 0.1) is 11.8 Å². The molecule has 2 saturated heterocycles. The molecule has 5 nitrogen and oxygen atoms in total. The molecule has 124 valence electrons. The van der Waals surface area contributed by atoms with Gasteiger partial charge in [-0.25, -0.2) is 0 Å². The summed E-state index contributed by atoms with van der Waals surface area (Å²) in [5, 5.41) is 9.80. The molecule has 2 heterocycles. The van der Waals surface area contributed by atoms with E-state index < -0.39 is 5.92 Å². The first-order valence-electron chi connectivity index (χ1n) is 8.06. The quantitative estimate of drug-likeness (QED) is 0.858. The van der Waals surface area contributed by atoms with Crippen LogP contribution in [0.4, 0.5) is 5.69 Å². The highest BCUT2D eigenvalue weighted by molar-refractivity contribution is 6.30. The number of carbonyl (C=O) groups is 2. The number of nitrogens with zero attached hydrogens (tertiary/aromatic N) is 2. The largest absolute Gasteiger partial charge is 0.396 e. The lowest BCUT2D eigenvalue weighted by molar-refractivity contribution is -0.141. The van der Waals surface area contributed by atoms with Gasteiger partial charge in [-0.1, -0.05) is 11.6 Å². The van der Waals surface area contributed by atoms with Gasteiger partial charge in [0.15, 0.2) is 0 Å². The predicted octanol–water partition coefficient (Wildman–Crippen LogP) is 1.92. The maximum absolute atomic E-state index is 12.6. The number of anilines is 1. The molecule has 0 radical (unpaired) electrons. The van der Waals surface area contributed by atoms with Crippen molar-refractivity contribution >= 4 is 29.1 Å². The summed E-state index contributed by atoms with van der Waals surface area (Å²) in [4.78, 5) is 28.7. The molecule has 23 heavy (non-hydrogen) atoms. The van der Waals surface area contributed by atoms with Gasteiger partial charge in [0.05, 0.1) is 0 Å². The van der Waals surface area contributed by atoms with Crippen LogP contribution in [-0.4, -0.2) is 48.1 Å². The molecule has 1 aromatic carbocycles. The van der Waals surface area contributed by atoms with Crippen molar-refractivity contribution in [2.45, 2.75) is 19.3 Å². The molecule has 1 aromatic rings. The number of amides is 2. The third-order valence-corrected chi connectivity index (χ3v) is 5.08. The number of hydrogen-bond donors (Lipinski definition) is 1. The topological polar surface area (TPSA) is 60.9 Å². The SMILES string of the molecule is O=C(C1CCN(c2ccc(Cl)cc2)C1=O)N1CCC(CO)CC1. The van der Waals surface area contributed by atoms with E-state index in [-0.39, 0.29) is 24.3 Å². The summed E-state index contributed by atoms with van der Waals surface area (Å²) in [6.07, 6.45) is 2.17. The fourth-order valence-electron chi connectivity index (χ4n) is 3.34. The first kappa shape index (κ1) is 16.3. The Hall–Kier alpha value is -1.59. The van der Waals surface area contributed by atoms with Crippen LogP contribution in [-0.2, 0) is 9.59 Å². The van der Waals surface area contributed by atoms with E-state index in [1.54, 1.807) is 34.1 Å². The molecule has 2 amide bonds. The van der Waals surface area contributed by atoms with Gasteiger partial charge in [0, 0.05) is 37.0 Å². The Balaban J connectivity index is 1.64. The van der Waals surface area contributed by atoms with Gasteiger partial charge in [-0.15, -0.1) is 0 Å². The first-order valence-corrected chi connectivity index (χ1v) is 8.44. The van der Waals surface area contributed by atoms with E-state index >= 15 is 0 Å². The van der Waals surface area contributed by atoms with Gasteiger partial charge < -0.3 is 14.9 Å². The van der Waals surface area contributed by atoms with E-state index in [1.807, 2.05) is 0 Å². The van der Waals surface area contributed by atoms with Crippen molar-refractivity contribution < 1.29 is 14.7 Å². The third kappa shape index (κ3) is 3.35. The van der Waals surface area contributed by atoms with E-state index in [4.69, 9.17) is 11.6 Å². The smallest absolute Gasteiger partial charge is 0.239 e. The molecule has 2 aliphatic rings. The van der Waals surface area contributed by atoms with Gasteiger partial charge in [-0.05, 0) is 49.4 Å². The summed E-state index contributed by atoms with van der Waals surface area (Å²) < 4.78 is 0. The number of benzene rings is 1.